The molecule has 0 aliphatic rings. The molecule has 0 spiro atoms. The third-order valence-corrected chi connectivity index (χ3v) is 2.05. The van der Waals surface area contributed by atoms with E-state index in [0.29, 0.717) is 0 Å². The molecule has 0 aromatic rings. The first-order valence-electron chi connectivity index (χ1n) is 4.25. The molecule has 2 atom stereocenters. The Kier molecular flexibility index (Phi) is 21.4. The number of carboxylic acid groups (broad SMARTS) is 4. The molecule has 0 rings (SSSR count). The molecule has 8 nitrogen and oxygen atoms in total. The van der Waals surface area contributed by atoms with Crippen molar-refractivity contribution in [3.05, 3.63) is 0 Å². The third kappa shape index (κ3) is 20.2. The van der Waals surface area contributed by atoms with E-state index >= 15 is 0 Å². The van der Waals surface area contributed by atoms with E-state index < -0.39 is 47.2 Å². The Labute approximate surface area is 150 Å². The zero-order chi connectivity index (χ0) is 14.9. The number of aliphatic carboxylic acids is 4. The normalized spacial score (nSPS) is 11.3. The van der Waals surface area contributed by atoms with Crippen LogP contribution in [0.15, 0.2) is 0 Å². The van der Waals surface area contributed by atoms with Gasteiger partial charge in [-0.25, -0.2) is 0 Å². The van der Waals surface area contributed by atoms with Crippen molar-refractivity contribution in [2.45, 2.75) is 23.3 Å². The fourth-order valence-corrected chi connectivity index (χ4v) is 0.781. The van der Waals surface area contributed by atoms with Crippen LogP contribution < -0.4 is 20.4 Å². The van der Waals surface area contributed by atoms with E-state index in [0.717, 1.165) is 0 Å². The summed E-state index contributed by atoms with van der Waals surface area (Å²) in [6.45, 7) is 0. The van der Waals surface area contributed by atoms with Crippen LogP contribution in [0, 0.1) is 0 Å². The molecular formula is C8H8O8S2Zn2. The van der Waals surface area contributed by atoms with Crippen molar-refractivity contribution in [2.75, 3.05) is 0 Å². The fourth-order valence-electron chi connectivity index (χ4n) is 0.482. The van der Waals surface area contributed by atoms with Gasteiger partial charge in [0.2, 0.25) is 0 Å². The Morgan fingerprint density at radius 2 is 0.900 bits per heavy atom. The zero-order valence-electron chi connectivity index (χ0n) is 10.1. The van der Waals surface area contributed by atoms with E-state index in [1.165, 1.54) is 0 Å². The number of hydrogen-bond acceptors (Lipinski definition) is 10. The van der Waals surface area contributed by atoms with Gasteiger partial charge in [-0.15, -0.1) is 0 Å². The van der Waals surface area contributed by atoms with Gasteiger partial charge in [0.1, 0.15) is 0 Å². The number of carboxylic acids is 4. The Morgan fingerprint density at radius 1 is 0.700 bits per heavy atom. The summed E-state index contributed by atoms with van der Waals surface area (Å²) in [6, 6.07) is 0. The van der Waals surface area contributed by atoms with Crippen LogP contribution in [0.4, 0.5) is 0 Å². The van der Waals surface area contributed by atoms with Gasteiger partial charge in [-0.05, 0) is 0 Å². The maximum absolute atomic E-state index is 9.76. The van der Waals surface area contributed by atoms with Gasteiger partial charge < -0.3 is 39.6 Å². The number of thiol groups is 2. The van der Waals surface area contributed by atoms with Crippen LogP contribution in [0.3, 0.4) is 0 Å². The van der Waals surface area contributed by atoms with Gasteiger partial charge in [0, 0.05) is 35.3 Å². The maximum Gasteiger partial charge on any atom is 2.00 e. The smallest absolute Gasteiger partial charge is 0.550 e. The molecule has 0 aromatic carbocycles. The van der Waals surface area contributed by atoms with Crippen LogP contribution in [0.25, 0.3) is 0 Å². The van der Waals surface area contributed by atoms with Crippen LogP contribution in [-0.4, -0.2) is 34.4 Å². The standard InChI is InChI=1S/2C4H6O4S.2Zn/c2*5-3(6)1-2(9)4(7)8;;/h2*2,9H,1H2,(H,5,6)(H,7,8);;/q;;2*+2/p-4. The van der Waals surface area contributed by atoms with Crippen molar-refractivity contribution in [1.82, 2.24) is 0 Å². The predicted molar refractivity (Wildman–Crippen MR) is 54.8 cm³/mol. The second-order valence-corrected chi connectivity index (χ2v) is 4.07. The molecule has 2 unspecified atom stereocenters. The molecule has 0 bridgehead atoms. The van der Waals surface area contributed by atoms with Crippen molar-refractivity contribution in [3.8, 4) is 0 Å². The second kappa shape index (κ2) is 15.2. The van der Waals surface area contributed by atoms with Gasteiger partial charge in [0.25, 0.3) is 0 Å². The first kappa shape index (κ1) is 28.1. The summed E-state index contributed by atoms with van der Waals surface area (Å²) < 4.78 is 0. The summed E-state index contributed by atoms with van der Waals surface area (Å²) in [7, 11) is 0. The molecule has 12 heteroatoms. The first-order chi connectivity index (χ1) is 8.07. The van der Waals surface area contributed by atoms with Gasteiger partial charge in [0.15, 0.2) is 0 Å². The van der Waals surface area contributed by atoms with Crippen molar-refractivity contribution in [1.29, 1.82) is 0 Å². The van der Waals surface area contributed by atoms with E-state index in [1.807, 2.05) is 0 Å². The van der Waals surface area contributed by atoms with Crippen molar-refractivity contribution >= 4 is 49.1 Å². The van der Waals surface area contributed by atoms with E-state index in [2.05, 4.69) is 25.3 Å². The first-order valence-corrected chi connectivity index (χ1v) is 5.28. The van der Waals surface area contributed by atoms with Crippen LogP contribution in [0.1, 0.15) is 12.8 Å². The minimum Gasteiger partial charge on any atom is -0.550 e. The zero-order valence-corrected chi connectivity index (χ0v) is 17.9. The Morgan fingerprint density at radius 3 is 0.950 bits per heavy atom. The largest absolute Gasteiger partial charge is 2.00 e. The Hall–Kier alpha value is -0.173. The Bertz CT molecular complexity index is 306. The van der Waals surface area contributed by atoms with E-state index in [1.54, 1.807) is 0 Å². The predicted octanol–water partition coefficient (Wildman–Crippen LogP) is -5.66. The summed E-state index contributed by atoms with van der Waals surface area (Å²) in [5.41, 5.74) is 0. The average Bonchev–Trinajstić information content (AvgIpc) is 2.16. The van der Waals surface area contributed by atoms with Gasteiger partial charge in [-0.1, -0.05) is 0 Å². The summed E-state index contributed by atoms with van der Waals surface area (Å²) in [5.74, 6) is -5.89. The molecule has 20 heavy (non-hydrogen) atoms. The van der Waals surface area contributed by atoms with Gasteiger partial charge in [-0.3, -0.25) is 0 Å². The Balaban J connectivity index is -0.000000116. The summed E-state index contributed by atoms with van der Waals surface area (Å²) in [6.07, 6.45) is -1.24. The molecule has 104 valence electrons. The van der Waals surface area contributed by atoms with Crippen LogP contribution in [0.5, 0.6) is 0 Å². The minimum absolute atomic E-state index is 0. The fraction of sp³-hybridized carbons (Fsp3) is 0.500. The van der Waals surface area contributed by atoms with Crippen LogP contribution in [-0.2, 0) is 58.1 Å². The van der Waals surface area contributed by atoms with Crippen molar-refractivity contribution < 1.29 is 78.6 Å². The molecule has 0 aliphatic heterocycles. The molecule has 0 heterocycles. The third-order valence-electron chi connectivity index (χ3n) is 1.26. The number of carbonyl (C=O) groups is 4. The summed E-state index contributed by atoms with van der Waals surface area (Å²) in [4.78, 5) is 38.8. The molecule has 0 radical (unpaired) electrons. The van der Waals surface area contributed by atoms with Gasteiger partial charge >= 0.3 is 39.0 Å². The molecule has 0 N–H and O–H groups in total. The molecule has 0 saturated carbocycles. The summed E-state index contributed by atoms with van der Waals surface area (Å²) >= 11 is 6.76. The van der Waals surface area contributed by atoms with E-state index in [9.17, 15) is 39.6 Å². The van der Waals surface area contributed by atoms with Crippen molar-refractivity contribution in [3.63, 3.8) is 0 Å². The molecule has 0 aliphatic carbocycles. The van der Waals surface area contributed by atoms with Gasteiger partial charge in [-0.2, -0.15) is 25.3 Å². The van der Waals surface area contributed by atoms with Crippen LogP contribution in [0.2, 0.25) is 0 Å². The van der Waals surface area contributed by atoms with Crippen molar-refractivity contribution in [2.24, 2.45) is 0 Å². The SMILES string of the molecule is O=C([O-])CC(S)C(=O)[O-].O=C([O-])CC(S)C(=O)[O-].[Zn+2].[Zn+2]. The monoisotopic (exact) mass is 424 g/mol. The molecule has 0 fully saturated rings. The molecule has 0 amide bonds. The molecule has 0 saturated heterocycles. The second-order valence-electron chi connectivity index (χ2n) is 2.82. The molecule has 0 aromatic heterocycles. The van der Waals surface area contributed by atoms with Crippen LogP contribution >= 0.6 is 25.3 Å². The number of hydrogen-bond donors (Lipinski definition) is 2. The average molecular weight is 427 g/mol. The quantitative estimate of drug-likeness (QED) is 0.313. The number of carbonyl (C=O) groups excluding carboxylic acids is 4. The minimum atomic E-state index is -1.50. The number of rotatable bonds is 6. The summed E-state index contributed by atoms with van der Waals surface area (Å²) in [5, 5.41) is 36.3. The topological polar surface area (TPSA) is 161 Å². The van der Waals surface area contributed by atoms with E-state index in [4.69, 9.17) is 0 Å². The maximum atomic E-state index is 9.76. The molecular weight excluding hydrogens is 419 g/mol. The van der Waals surface area contributed by atoms with E-state index in [-0.39, 0.29) is 39.0 Å². The van der Waals surface area contributed by atoms with Gasteiger partial charge in [0.05, 0.1) is 11.9 Å².